The van der Waals surface area contributed by atoms with Gasteiger partial charge in [-0.15, -0.1) is 0 Å². The number of hydrogen-bond acceptors (Lipinski definition) is 1. The molecule has 3 nitrogen and oxygen atoms in total. The van der Waals surface area contributed by atoms with E-state index in [0.29, 0.717) is 0 Å². The zero-order valence-corrected chi connectivity index (χ0v) is 31.0. The summed E-state index contributed by atoms with van der Waals surface area (Å²) >= 11 is 1.89. The summed E-state index contributed by atoms with van der Waals surface area (Å²) in [6, 6.07) is 69.4. The molecule has 1 aliphatic heterocycles. The van der Waals surface area contributed by atoms with E-state index in [-0.39, 0.29) is 0 Å². The molecule has 0 radical (unpaired) electrons. The minimum Gasteiger partial charge on any atom is -0.309 e. The Labute approximate surface area is 326 Å². The number of para-hydroxylation sites is 4. The normalized spacial score (nSPS) is 12.6. The Hall–Kier alpha value is -7.01. The van der Waals surface area contributed by atoms with Crippen molar-refractivity contribution in [2.45, 2.75) is 9.79 Å². The largest absolute Gasteiger partial charge is 0.309 e. The Balaban J connectivity index is 1.07. The summed E-state index contributed by atoms with van der Waals surface area (Å²) in [5.74, 6) is 0. The van der Waals surface area contributed by atoms with Crippen molar-refractivity contribution in [3.05, 3.63) is 188 Å². The lowest BCUT2D eigenvalue weighted by Crippen LogP contribution is -2.06. The van der Waals surface area contributed by atoms with Gasteiger partial charge in [0.05, 0.1) is 27.8 Å². The van der Waals surface area contributed by atoms with Crippen LogP contribution >= 0.6 is 11.8 Å². The van der Waals surface area contributed by atoms with Crippen LogP contribution in [0.1, 0.15) is 0 Å². The van der Waals surface area contributed by atoms with E-state index >= 15 is 0 Å². The molecule has 4 heterocycles. The molecular weight excluding hydrogens is 699 g/mol. The highest BCUT2D eigenvalue weighted by Gasteiger charge is 2.28. The van der Waals surface area contributed by atoms with Gasteiger partial charge in [-0.1, -0.05) is 139 Å². The minimum atomic E-state index is 1.16. The van der Waals surface area contributed by atoms with E-state index in [0.717, 1.165) is 11.4 Å². The standard InChI is InChI=1S/C52H31N3S/c1-2-15-35(16-3-1)54-44-23-11-9-20-40(44)50-41-21-12-24-47-51(41)55(52(50)54)45-27-26-34(30-48(45)56-47)42-31-36(29-33-14-5-6-17-37(33)42)53-43-22-10-8-19-39(43)49-38-18-7-4-13-32(38)25-28-46(49)53/h1-31H. The number of nitrogens with zero attached hydrogens (tertiary/aromatic N) is 3. The van der Waals surface area contributed by atoms with Gasteiger partial charge in [0.2, 0.25) is 0 Å². The van der Waals surface area contributed by atoms with Crippen LogP contribution in [0.2, 0.25) is 0 Å². The fourth-order valence-electron chi connectivity index (χ4n) is 9.67. The lowest BCUT2D eigenvalue weighted by molar-refractivity contribution is 1.03. The maximum absolute atomic E-state index is 2.53. The van der Waals surface area contributed by atoms with E-state index < -0.39 is 0 Å². The first-order valence-corrected chi connectivity index (χ1v) is 20.0. The van der Waals surface area contributed by atoms with Gasteiger partial charge in [-0.2, -0.15) is 0 Å². The van der Waals surface area contributed by atoms with Crippen LogP contribution in [0, 0.1) is 0 Å². The highest BCUT2D eigenvalue weighted by Crippen LogP contribution is 2.50. The van der Waals surface area contributed by atoms with Crippen LogP contribution in [0.5, 0.6) is 0 Å². The molecule has 0 fully saturated rings. The molecule has 0 aliphatic carbocycles. The summed E-state index contributed by atoms with van der Waals surface area (Å²) in [4.78, 5) is 2.53. The number of rotatable bonds is 3. The van der Waals surface area contributed by atoms with Crippen LogP contribution in [-0.4, -0.2) is 13.7 Å². The average Bonchev–Trinajstić information content (AvgIpc) is 3.90. The minimum absolute atomic E-state index is 1.16. The molecule has 3 aromatic heterocycles. The predicted octanol–water partition coefficient (Wildman–Crippen LogP) is 14.3. The predicted molar refractivity (Wildman–Crippen MR) is 237 cm³/mol. The second-order valence-corrected chi connectivity index (χ2v) is 16.0. The molecule has 4 heteroatoms. The number of benzene rings is 9. The molecule has 260 valence electrons. The van der Waals surface area contributed by atoms with Gasteiger partial charge in [0.25, 0.3) is 0 Å². The summed E-state index contributed by atoms with van der Waals surface area (Å²) in [6.45, 7) is 0. The van der Waals surface area contributed by atoms with Crippen LogP contribution in [0.25, 0.3) is 104 Å². The number of aromatic nitrogens is 3. The van der Waals surface area contributed by atoms with E-state index in [1.807, 2.05) is 11.8 Å². The van der Waals surface area contributed by atoms with E-state index in [4.69, 9.17) is 0 Å². The zero-order valence-electron chi connectivity index (χ0n) is 30.1. The zero-order chi connectivity index (χ0) is 36.5. The van der Waals surface area contributed by atoms with Gasteiger partial charge in [-0.25, -0.2) is 0 Å². The molecule has 0 N–H and O–H groups in total. The molecular formula is C52H31N3S. The quantitative estimate of drug-likeness (QED) is 0.177. The first-order chi connectivity index (χ1) is 27.8. The fraction of sp³-hybridized carbons (Fsp3) is 0. The smallest absolute Gasteiger partial charge is 0.131 e. The Kier molecular flexibility index (Phi) is 6.10. The van der Waals surface area contributed by atoms with Gasteiger partial charge < -0.3 is 4.57 Å². The molecule has 0 unspecified atom stereocenters. The maximum atomic E-state index is 2.53. The van der Waals surface area contributed by atoms with Crippen LogP contribution in [0.15, 0.2) is 198 Å². The summed E-state index contributed by atoms with van der Waals surface area (Å²) in [5, 5.41) is 11.5. The molecule has 12 aromatic rings. The van der Waals surface area contributed by atoms with Crippen LogP contribution in [-0.2, 0) is 0 Å². The number of hydrogen-bond donors (Lipinski definition) is 0. The lowest BCUT2D eigenvalue weighted by atomic mass is 9.97. The Morgan fingerprint density at radius 3 is 1.88 bits per heavy atom. The molecule has 56 heavy (non-hydrogen) atoms. The van der Waals surface area contributed by atoms with Crippen LogP contribution in [0.3, 0.4) is 0 Å². The van der Waals surface area contributed by atoms with Crippen LogP contribution in [0.4, 0.5) is 0 Å². The van der Waals surface area contributed by atoms with Crippen LogP contribution < -0.4 is 0 Å². The molecule has 1 aliphatic rings. The lowest BCUT2D eigenvalue weighted by Gasteiger charge is -2.22. The average molecular weight is 730 g/mol. The SMILES string of the molecule is c1ccc(-n2c3ccccc3c3c4cccc5c4n(c32)-c2ccc(-c3cc(-n4c6ccccc6c6c7ccccc7ccc64)cc4ccccc34)cc2S5)cc1. The molecule has 0 spiro atoms. The molecule has 9 aromatic carbocycles. The van der Waals surface area contributed by atoms with Crippen molar-refractivity contribution in [2.75, 3.05) is 0 Å². The Morgan fingerprint density at radius 2 is 1.04 bits per heavy atom. The topological polar surface area (TPSA) is 14.8 Å². The van der Waals surface area contributed by atoms with E-state index in [2.05, 4.69) is 202 Å². The Bertz CT molecular complexity index is 3620. The molecule has 13 rings (SSSR count). The van der Waals surface area contributed by atoms with Gasteiger partial charge in [-0.05, 0) is 93.3 Å². The van der Waals surface area contributed by atoms with E-state index in [1.54, 1.807) is 0 Å². The summed E-state index contributed by atoms with van der Waals surface area (Å²) in [5.41, 5.74) is 12.1. The summed E-state index contributed by atoms with van der Waals surface area (Å²) in [7, 11) is 0. The summed E-state index contributed by atoms with van der Waals surface area (Å²) in [6.07, 6.45) is 0. The van der Waals surface area contributed by atoms with Crippen molar-refractivity contribution in [1.29, 1.82) is 0 Å². The highest BCUT2D eigenvalue weighted by molar-refractivity contribution is 7.99. The van der Waals surface area contributed by atoms with E-state index in [1.165, 1.54) is 103 Å². The molecule has 0 bridgehead atoms. The van der Waals surface area contributed by atoms with E-state index in [9.17, 15) is 0 Å². The van der Waals surface area contributed by atoms with Crippen molar-refractivity contribution in [2.24, 2.45) is 0 Å². The monoisotopic (exact) mass is 729 g/mol. The first kappa shape index (κ1) is 30.3. The second kappa shape index (κ2) is 11.3. The van der Waals surface area contributed by atoms with Gasteiger partial charge in [-0.3, -0.25) is 9.13 Å². The number of fused-ring (bicyclic) bond motifs is 13. The molecule has 0 saturated carbocycles. The first-order valence-electron chi connectivity index (χ1n) is 19.2. The third-order valence-electron chi connectivity index (χ3n) is 12.0. The Morgan fingerprint density at radius 1 is 0.357 bits per heavy atom. The molecule has 0 atom stereocenters. The molecule has 0 saturated heterocycles. The van der Waals surface area contributed by atoms with Gasteiger partial charge in [0, 0.05) is 48.1 Å². The second-order valence-electron chi connectivity index (χ2n) is 14.9. The third-order valence-corrected chi connectivity index (χ3v) is 13.1. The third kappa shape index (κ3) is 4.03. The van der Waals surface area contributed by atoms with Gasteiger partial charge in [0.1, 0.15) is 5.65 Å². The summed E-state index contributed by atoms with van der Waals surface area (Å²) < 4.78 is 7.44. The van der Waals surface area contributed by atoms with Crippen molar-refractivity contribution in [3.8, 4) is 28.2 Å². The van der Waals surface area contributed by atoms with Crippen molar-refractivity contribution in [1.82, 2.24) is 13.7 Å². The molecule has 0 amide bonds. The fourth-order valence-corrected chi connectivity index (χ4v) is 10.8. The maximum Gasteiger partial charge on any atom is 0.131 e. The van der Waals surface area contributed by atoms with Crippen molar-refractivity contribution >= 4 is 88.0 Å². The highest BCUT2D eigenvalue weighted by atomic mass is 32.2. The van der Waals surface area contributed by atoms with Gasteiger partial charge in [0.15, 0.2) is 0 Å². The van der Waals surface area contributed by atoms with Crippen molar-refractivity contribution in [3.63, 3.8) is 0 Å². The van der Waals surface area contributed by atoms with Gasteiger partial charge >= 0.3 is 0 Å². The van der Waals surface area contributed by atoms with Crippen molar-refractivity contribution < 1.29 is 0 Å².